The first kappa shape index (κ1) is 16.5. The van der Waals surface area contributed by atoms with Crippen LogP contribution < -0.4 is 11.1 Å². The van der Waals surface area contributed by atoms with Gasteiger partial charge in [0, 0.05) is 24.3 Å². The van der Waals surface area contributed by atoms with E-state index in [0.29, 0.717) is 18.5 Å². The minimum absolute atomic E-state index is 0.505. The van der Waals surface area contributed by atoms with Gasteiger partial charge >= 0.3 is 0 Å². The fraction of sp³-hybridized carbons (Fsp3) is 0.444. The van der Waals surface area contributed by atoms with Gasteiger partial charge in [-0.15, -0.1) is 0 Å². The number of likely N-dealkylation sites (N-methyl/N-ethyl adjacent to an activating group) is 1. The average molecular weight is 326 g/mol. The number of guanidine groups is 1. The van der Waals surface area contributed by atoms with Crippen molar-refractivity contribution in [1.29, 1.82) is 0 Å². The smallest absolute Gasteiger partial charge is 0.188 e. The van der Waals surface area contributed by atoms with Gasteiger partial charge < -0.3 is 11.1 Å². The van der Waals surface area contributed by atoms with Crippen LogP contribution in [0.4, 0.5) is 0 Å². The minimum Gasteiger partial charge on any atom is -0.370 e. The lowest BCUT2D eigenvalue weighted by Crippen LogP contribution is -2.42. The molecule has 3 rings (SSSR count). The molecule has 6 nitrogen and oxygen atoms in total. The zero-order valence-corrected chi connectivity index (χ0v) is 14.2. The molecule has 0 radical (unpaired) electrons. The van der Waals surface area contributed by atoms with Crippen molar-refractivity contribution in [2.75, 3.05) is 19.6 Å². The molecular formula is C18H26N6. The summed E-state index contributed by atoms with van der Waals surface area (Å²) in [7, 11) is 0. The summed E-state index contributed by atoms with van der Waals surface area (Å²) >= 11 is 0. The summed E-state index contributed by atoms with van der Waals surface area (Å²) in [5.74, 6) is 0.505. The van der Waals surface area contributed by atoms with Crippen LogP contribution in [0.25, 0.3) is 5.69 Å². The largest absolute Gasteiger partial charge is 0.370 e. The summed E-state index contributed by atoms with van der Waals surface area (Å²) in [5.41, 5.74) is 8.08. The zero-order valence-electron chi connectivity index (χ0n) is 14.2. The highest BCUT2D eigenvalue weighted by molar-refractivity contribution is 5.77. The lowest BCUT2D eigenvalue weighted by atomic mass is 10.2. The predicted molar refractivity (Wildman–Crippen MR) is 97.2 cm³/mol. The second kappa shape index (κ2) is 7.97. The number of nitrogens with zero attached hydrogens (tertiary/aromatic N) is 4. The highest BCUT2D eigenvalue weighted by atomic mass is 15.3. The van der Waals surface area contributed by atoms with E-state index in [1.54, 1.807) is 0 Å². The van der Waals surface area contributed by atoms with Gasteiger partial charge in [0.15, 0.2) is 5.96 Å². The number of likely N-dealkylation sites (tertiary alicyclic amines) is 1. The number of rotatable bonds is 6. The van der Waals surface area contributed by atoms with Gasteiger partial charge in [0.1, 0.15) is 0 Å². The first-order valence-electron chi connectivity index (χ1n) is 8.63. The molecule has 1 atom stereocenters. The maximum Gasteiger partial charge on any atom is 0.188 e. The third-order valence-electron chi connectivity index (χ3n) is 4.51. The van der Waals surface area contributed by atoms with Gasteiger partial charge in [-0.1, -0.05) is 25.1 Å². The predicted octanol–water partition coefficient (Wildman–Crippen LogP) is 1.76. The van der Waals surface area contributed by atoms with E-state index in [0.717, 1.165) is 24.3 Å². The second-order valence-corrected chi connectivity index (χ2v) is 6.14. The van der Waals surface area contributed by atoms with E-state index >= 15 is 0 Å². The molecule has 0 bridgehead atoms. The van der Waals surface area contributed by atoms with Crippen LogP contribution in [-0.2, 0) is 6.54 Å². The van der Waals surface area contributed by atoms with Gasteiger partial charge in [-0.3, -0.25) is 4.90 Å². The van der Waals surface area contributed by atoms with E-state index in [9.17, 15) is 0 Å². The molecule has 1 fully saturated rings. The summed E-state index contributed by atoms with van der Waals surface area (Å²) in [4.78, 5) is 6.91. The Morgan fingerprint density at radius 3 is 3.00 bits per heavy atom. The van der Waals surface area contributed by atoms with Crippen LogP contribution in [-0.4, -0.2) is 46.3 Å². The van der Waals surface area contributed by atoms with Crippen molar-refractivity contribution < 1.29 is 0 Å². The van der Waals surface area contributed by atoms with E-state index in [1.165, 1.54) is 19.4 Å². The molecule has 1 aliphatic heterocycles. The van der Waals surface area contributed by atoms with E-state index < -0.39 is 0 Å². The van der Waals surface area contributed by atoms with E-state index in [4.69, 9.17) is 5.73 Å². The Balaban J connectivity index is 1.51. The molecule has 1 aromatic heterocycles. The Kier molecular flexibility index (Phi) is 5.48. The third-order valence-corrected chi connectivity index (χ3v) is 4.51. The Morgan fingerprint density at radius 1 is 1.38 bits per heavy atom. The maximum atomic E-state index is 6.00. The van der Waals surface area contributed by atoms with Crippen LogP contribution in [0.1, 0.15) is 25.3 Å². The molecule has 1 aromatic carbocycles. The van der Waals surface area contributed by atoms with Crippen LogP contribution >= 0.6 is 0 Å². The number of hydrogen-bond donors (Lipinski definition) is 2. The molecule has 2 aromatic rings. The molecule has 128 valence electrons. The standard InChI is InChI=1S/C18H26N6/c1-2-23-10-6-9-17(23)13-21-18(19)20-11-15-12-22-24(14-15)16-7-4-3-5-8-16/h3-5,7-8,12,14,17H,2,6,9-11,13H2,1H3,(H3,19,20,21). The molecular weight excluding hydrogens is 300 g/mol. The van der Waals surface area contributed by atoms with Crippen LogP contribution in [0, 0.1) is 0 Å². The molecule has 24 heavy (non-hydrogen) atoms. The lowest BCUT2D eigenvalue weighted by Gasteiger charge is -2.23. The topological polar surface area (TPSA) is 71.5 Å². The Hall–Kier alpha value is -2.34. The lowest BCUT2D eigenvalue weighted by molar-refractivity contribution is 0.267. The molecule has 2 heterocycles. The van der Waals surface area contributed by atoms with Crippen molar-refractivity contribution in [3.8, 4) is 5.69 Å². The number of hydrogen-bond acceptors (Lipinski definition) is 3. The molecule has 0 aliphatic carbocycles. The molecule has 1 unspecified atom stereocenters. The number of benzene rings is 1. The first-order valence-corrected chi connectivity index (χ1v) is 8.63. The normalized spacial score (nSPS) is 18.9. The molecule has 1 aliphatic rings. The van der Waals surface area contributed by atoms with Crippen molar-refractivity contribution in [1.82, 2.24) is 20.0 Å². The maximum absolute atomic E-state index is 6.00. The molecule has 1 saturated heterocycles. The molecule has 3 N–H and O–H groups in total. The summed E-state index contributed by atoms with van der Waals surface area (Å²) in [6, 6.07) is 10.6. The van der Waals surface area contributed by atoms with Gasteiger partial charge in [0.2, 0.25) is 0 Å². The minimum atomic E-state index is 0.505. The molecule has 0 saturated carbocycles. The van der Waals surface area contributed by atoms with Gasteiger partial charge in [0.25, 0.3) is 0 Å². The van der Waals surface area contributed by atoms with E-state index in [-0.39, 0.29) is 0 Å². The summed E-state index contributed by atoms with van der Waals surface area (Å²) in [6.07, 6.45) is 6.33. The Morgan fingerprint density at radius 2 is 2.21 bits per heavy atom. The van der Waals surface area contributed by atoms with Gasteiger partial charge in [0.05, 0.1) is 18.4 Å². The fourth-order valence-corrected chi connectivity index (χ4v) is 3.16. The van der Waals surface area contributed by atoms with Crippen molar-refractivity contribution in [2.24, 2.45) is 10.7 Å². The van der Waals surface area contributed by atoms with Gasteiger partial charge in [-0.2, -0.15) is 5.10 Å². The van der Waals surface area contributed by atoms with E-state index in [2.05, 4.69) is 27.2 Å². The third kappa shape index (κ3) is 4.14. The van der Waals surface area contributed by atoms with Gasteiger partial charge in [-0.25, -0.2) is 9.67 Å². The van der Waals surface area contributed by atoms with Crippen LogP contribution in [0.2, 0.25) is 0 Å². The first-order chi connectivity index (χ1) is 11.8. The molecule has 6 heteroatoms. The summed E-state index contributed by atoms with van der Waals surface area (Å²) in [5, 5.41) is 7.63. The van der Waals surface area contributed by atoms with Crippen molar-refractivity contribution >= 4 is 5.96 Å². The number of aliphatic imine (C=N–C) groups is 1. The number of nitrogens with one attached hydrogen (secondary N) is 1. The second-order valence-electron chi connectivity index (χ2n) is 6.14. The fourth-order valence-electron chi connectivity index (χ4n) is 3.16. The van der Waals surface area contributed by atoms with Crippen LogP contribution in [0.3, 0.4) is 0 Å². The Bertz CT molecular complexity index is 663. The SMILES string of the molecule is CCN1CCCC1CNC(N)=NCc1cnn(-c2ccccc2)c1. The van der Waals surface area contributed by atoms with E-state index in [1.807, 2.05) is 47.4 Å². The van der Waals surface area contributed by atoms with Crippen LogP contribution in [0.5, 0.6) is 0 Å². The number of para-hydroxylation sites is 1. The highest BCUT2D eigenvalue weighted by Crippen LogP contribution is 2.15. The zero-order chi connectivity index (χ0) is 16.8. The molecule has 0 amide bonds. The average Bonchev–Trinajstić information content (AvgIpc) is 3.28. The van der Waals surface area contributed by atoms with Gasteiger partial charge in [-0.05, 0) is 38.1 Å². The number of nitrogens with two attached hydrogens (primary N) is 1. The quantitative estimate of drug-likeness (QED) is 0.627. The van der Waals surface area contributed by atoms with Crippen molar-refractivity contribution in [3.63, 3.8) is 0 Å². The Labute approximate surface area is 143 Å². The molecule has 0 spiro atoms. The van der Waals surface area contributed by atoms with Crippen molar-refractivity contribution in [2.45, 2.75) is 32.4 Å². The monoisotopic (exact) mass is 326 g/mol. The number of aromatic nitrogens is 2. The van der Waals surface area contributed by atoms with Crippen molar-refractivity contribution in [3.05, 3.63) is 48.3 Å². The summed E-state index contributed by atoms with van der Waals surface area (Å²) < 4.78 is 1.85. The highest BCUT2D eigenvalue weighted by Gasteiger charge is 2.22. The van der Waals surface area contributed by atoms with Crippen LogP contribution in [0.15, 0.2) is 47.7 Å². The summed E-state index contributed by atoms with van der Waals surface area (Å²) in [6.45, 7) is 5.90.